The molecule has 0 aromatic heterocycles. The number of ether oxygens (including phenoxy) is 1. The van der Waals surface area contributed by atoms with E-state index in [9.17, 15) is 9.59 Å². The van der Waals surface area contributed by atoms with E-state index in [1.807, 2.05) is 13.0 Å². The number of benzene rings is 1. The molecular weight excluding hydrogens is 266 g/mol. The second kappa shape index (κ2) is 6.29. The normalized spacial score (nSPS) is 16.9. The fraction of sp³-hybridized carbons (Fsp3) is 0.529. The van der Waals surface area contributed by atoms with Crippen LogP contribution in [-0.4, -0.2) is 24.5 Å². The van der Waals surface area contributed by atoms with Crippen molar-refractivity contribution in [3.63, 3.8) is 0 Å². The van der Waals surface area contributed by atoms with E-state index in [0.29, 0.717) is 12.1 Å². The van der Waals surface area contributed by atoms with Crippen LogP contribution < -0.4 is 4.90 Å². The molecule has 114 valence electrons. The molecule has 4 nitrogen and oxygen atoms in total. The number of anilines is 1. The Bertz CT molecular complexity index is 533. The second-order valence-electron chi connectivity index (χ2n) is 5.80. The van der Waals surface area contributed by atoms with Gasteiger partial charge in [-0.3, -0.25) is 9.69 Å². The molecular formula is C17H23NO3. The highest BCUT2D eigenvalue weighted by Crippen LogP contribution is 2.36. The topological polar surface area (TPSA) is 46.6 Å². The summed E-state index contributed by atoms with van der Waals surface area (Å²) in [6, 6.07) is 5.37. The summed E-state index contributed by atoms with van der Waals surface area (Å²) in [6.07, 6.45) is 4.29. The fourth-order valence-electron chi connectivity index (χ4n) is 3.16. The second-order valence-corrected chi connectivity index (χ2v) is 5.80. The summed E-state index contributed by atoms with van der Waals surface area (Å²) in [6.45, 7) is 6.72. The number of carbonyl (C=O) groups is 2. The van der Waals surface area contributed by atoms with Crippen LogP contribution in [0.2, 0.25) is 0 Å². The molecule has 1 aliphatic heterocycles. The smallest absolute Gasteiger partial charge is 0.415 e. The largest absolute Gasteiger partial charge is 0.441 e. The van der Waals surface area contributed by atoms with Crippen LogP contribution in [0.3, 0.4) is 0 Å². The fourth-order valence-corrected chi connectivity index (χ4v) is 3.16. The van der Waals surface area contributed by atoms with Crippen molar-refractivity contribution in [1.29, 1.82) is 0 Å². The lowest BCUT2D eigenvalue weighted by Crippen LogP contribution is -2.34. The van der Waals surface area contributed by atoms with Crippen molar-refractivity contribution in [1.82, 2.24) is 0 Å². The average molecular weight is 289 g/mol. The Hall–Kier alpha value is -1.84. The zero-order valence-electron chi connectivity index (χ0n) is 13.0. The van der Waals surface area contributed by atoms with Crippen LogP contribution in [0.4, 0.5) is 10.5 Å². The molecule has 0 atom stereocenters. The van der Waals surface area contributed by atoms with Crippen molar-refractivity contribution in [2.75, 3.05) is 11.4 Å². The molecule has 0 aliphatic carbocycles. The predicted molar refractivity (Wildman–Crippen MR) is 82.9 cm³/mol. The monoisotopic (exact) mass is 289 g/mol. The van der Waals surface area contributed by atoms with E-state index < -0.39 is 0 Å². The summed E-state index contributed by atoms with van der Waals surface area (Å²) < 4.78 is 5.73. The maximum absolute atomic E-state index is 12.3. The zero-order chi connectivity index (χ0) is 15.5. The van der Waals surface area contributed by atoms with Crippen LogP contribution >= 0.6 is 0 Å². The molecule has 0 saturated carbocycles. The number of hydrogen-bond donors (Lipinski definition) is 0. The lowest BCUT2D eigenvalue weighted by Gasteiger charge is -2.26. The third-order valence-electron chi connectivity index (χ3n) is 4.03. The van der Waals surface area contributed by atoms with Gasteiger partial charge in [0.2, 0.25) is 0 Å². The van der Waals surface area contributed by atoms with Gasteiger partial charge < -0.3 is 4.74 Å². The van der Waals surface area contributed by atoms with Crippen LogP contribution in [0.1, 0.15) is 55.5 Å². The van der Waals surface area contributed by atoms with Gasteiger partial charge in [0.1, 0.15) is 11.9 Å². The molecule has 1 aromatic rings. The highest BCUT2D eigenvalue weighted by atomic mass is 16.6. The number of aryl methyl sites for hydroxylation is 1. The molecule has 1 aromatic carbocycles. The molecule has 0 spiro atoms. The first-order valence-electron chi connectivity index (χ1n) is 7.61. The molecule has 21 heavy (non-hydrogen) atoms. The first kappa shape index (κ1) is 15.5. The minimum atomic E-state index is -0.365. The number of aldehydes is 1. The molecule has 0 radical (unpaired) electrons. The van der Waals surface area contributed by atoms with Gasteiger partial charge in [-0.1, -0.05) is 26.7 Å². The number of amides is 1. The Kier molecular flexibility index (Phi) is 4.66. The van der Waals surface area contributed by atoms with Crippen LogP contribution in [0.5, 0.6) is 0 Å². The highest BCUT2D eigenvalue weighted by Gasteiger charge is 2.44. The van der Waals surface area contributed by atoms with Crippen LogP contribution in [0.15, 0.2) is 18.2 Å². The lowest BCUT2D eigenvalue weighted by atomic mass is 9.92. The number of rotatable bonds is 6. The number of nitrogens with zero attached hydrogens (tertiary/aromatic N) is 1. The van der Waals surface area contributed by atoms with E-state index in [1.54, 1.807) is 17.0 Å². The summed E-state index contributed by atoms with van der Waals surface area (Å²) in [5.41, 5.74) is 2.01. The molecule has 2 rings (SSSR count). The summed E-state index contributed by atoms with van der Waals surface area (Å²) in [7, 11) is 0. The van der Waals surface area contributed by atoms with E-state index in [-0.39, 0.29) is 11.7 Å². The van der Waals surface area contributed by atoms with E-state index in [4.69, 9.17) is 4.74 Å². The Balaban J connectivity index is 2.29. The SMILES string of the molecule is CCCC1(CCC)CN(c2ccc(C=O)cc2C)C(=O)O1. The Labute approximate surface area is 126 Å². The minimum absolute atomic E-state index is 0.279. The van der Waals surface area contributed by atoms with Gasteiger partial charge in [0.15, 0.2) is 0 Å². The van der Waals surface area contributed by atoms with Gasteiger partial charge in [0, 0.05) is 5.56 Å². The molecule has 0 bridgehead atoms. The van der Waals surface area contributed by atoms with Gasteiger partial charge in [-0.25, -0.2) is 4.79 Å². The van der Waals surface area contributed by atoms with Crippen molar-refractivity contribution < 1.29 is 14.3 Å². The van der Waals surface area contributed by atoms with Gasteiger partial charge in [0.25, 0.3) is 0 Å². The molecule has 4 heteroatoms. The average Bonchev–Trinajstić information content (AvgIpc) is 2.76. The molecule has 0 unspecified atom stereocenters. The van der Waals surface area contributed by atoms with Gasteiger partial charge in [-0.2, -0.15) is 0 Å². The molecule has 1 heterocycles. The predicted octanol–water partition coefficient (Wildman–Crippen LogP) is 4.10. The molecule has 1 saturated heterocycles. The molecule has 0 N–H and O–H groups in total. The maximum atomic E-state index is 12.3. The Morgan fingerprint density at radius 3 is 2.48 bits per heavy atom. The van der Waals surface area contributed by atoms with Crippen LogP contribution in [0, 0.1) is 6.92 Å². The number of hydrogen-bond acceptors (Lipinski definition) is 3. The third-order valence-corrected chi connectivity index (χ3v) is 4.03. The number of carbonyl (C=O) groups excluding carboxylic acids is 2. The van der Waals surface area contributed by atoms with Gasteiger partial charge in [-0.05, 0) is 43.5 Å². The molecule has 1 amide bonds. The van der Waals surface area contributed by atoms with Crippen molar-refractivity contribution in [3.8, 4) is 0 Å². The highest BCUT2D eigenvalue weighted by molar-refractivity contribution is 5.92. The van der Waals surface area contributed by atoms with Crippen LogP contribution in [0.25, 0.3) is 0 Å². The summed E-state index contributed by atoms with van der Waals surface area (Å²) in [5.74, 6) is 0. The summed E-state index contributed by atoms with van der Waals surface area (Å²) in [5, 5.41) is 0. The van der Waals surface area contributed by atoms with Crippen LogP contribution in [-0.2, 0) is 4.74 Å². The number of cyclic esters (lactones) is 1. The van der Waals surface area contributed by atoms with Crippen molar-refractivity contribution in [2.24, 2.45) is 0 Å². The quantitative estimate of drug-likeness (QED) is 0.741. The Morgan fingerprint density at radius 1 is 1.29 bits per heavy atom. The van der Waals surface area contributed by atoms with Crippen molar-refractivity contribution >= 4 is 18.1 Å². The lowest BCUT2D eigenvalue weighted by molar-refractivity contribution is 0.0412. The first-order chi connectivity index (χ1) is 10.0. The van der Waals surface area contributed by atoms with Gasteiger partial charge in [0.05, 0.1) is 12.2 Å². The maximum Gasteiger partial charge on any atom is 0.415 e. The van der Waals surface area contributed by atoms with E-state index in [0.717, 1.165) is 43.2 Å². The van der Waals surface area contributed by atoms with Crippen molar-refractivity contribution in [2.45, 2.75) is 52.1 Å². The van der Waals surface area contributed by atoms with Crippen molar-refractivity contribution in [3.05, 3.63) is 29.3 Å². The zero-order valence-corrected chi connectivity index (χ0v) is 13.0. The Morgan fingerprint density at radius 2 is 1.95 bits per heavy atom. The first-order valence-corrected chi connectivity index (χ1v) is 7.61. The summed E-state index contributed by atoms with van der Waals surface area (Å²) >= 11 is 0. The van der Waals surface area contributed by atoms with E-state index >= 15 is 0 Å². The van der Waals surface area contributed by atoms with E-state index in [2.05, 4.69) is 13.8 Å². The van der Waals surface area contributed by atoms with Gasteiger partial charge in [-0.15, -0.1) is 0 Å². The van der Waals surface area contributed by atoms with Gasteiger partial charge >= 0.3 is 6.09 Å². The standard InChI is InChI=1S/C17H23NO3/c1-4-8-17(9-5-2)12-18(16(20)21-17)15-7-6-14(11-19)10-13(15)3/h6-7,10-11H,4-5,8-9,12H2,1-3H3. The summed E-state index contributed by atoms with van der Waals surface area (Å²) in [4.78, 5) is 24.8. The van der Waals surface area contributed by atoms with E-state index in [1.165, 1.54) is 0 Å². The third kappa shape index (κ3) is 3.09. The molecule has 1 aliphatic rings. The molecule has 1 fully saturated rings. The minimum Gasteiger partial charge on any atom is -0.441 e.